The maximum Gasteiger partial charge on any atom is 0.231 e. The molecule has 6 rings (SSSR count). The lowest BCUT2D eigenvalue weighted by Gasteiger charge is -2.42. The first-order valence-electron chi connectivity index (χ1n) is 13.0. The molecule has 1 saturated carbocycles. The van der Waals surface area contributed by atoms with E-state index in [1.807, 2.05) is 33.8 Å². The lowest BCUT2D eigenvalue weighted by Crippen LogP contribution is -2.58. The smallest absolute Gasteiger partial charge is 0.231 e. The van der Waals surface area contributed by atoms with Crippen molar-refractivity contribution in [3.05, 3.63) is 66.9 Å². The molecule has 1 aliphatic heterocycles. The quantitative estimate of drug-likeness (QED) is 0.300. The second kappa shape index (κ2) is 9.82. The Kier molecular flexibility index (Phi) is 6.34. The predicted octanol–water partition coefficient (Wildman–Crippen LogP) is 1.07. The first kappa shape index (κ1) is 24.5. The molecule has 3 aromatic heterocycles. The van der Waals surface area contributed by atoms with E-state index in [-0.39, 0.29) is 19.6 Å². The van der Waals surface area contributed by atoms with Gasteiger partial charge in [0, 0.05) is 44.3 Å². The van der Waals surface area contributed by atoms with Gasteiger partial charge in [0.2, 0.25) is 5.91 Å². The summed E-state index contributed by atoms with van der Waals surface area (Å²) >= 11 is 0. The number of aliphatic hydroxyl groups is 2. The van der Waals surface area contributed by atoms with E-state index >= 15 is 0 Å². The summed E-state index contributed by atoms with van der Waals surface area (Å²) in [5.74, 6) is 0.425. The minimum absolute atomic E-state index is 0.0686. The molecule has 38 heavy (non-hydrogen) atoms. The van der Waals surface area contributed by atoms with Gasteiger partial charge < -0.3 is 25.4 Å². The molecule has 1 unspecified atom stereocenters. The number of aliphatic hydroxyl groups excluding tert-OH is 1. The summed E-state index contributed by atoms with van der Waals surface area (Å²) in [4.78, 5) is 24.6. The number of anilines is 1. The molecular weight excluding hydrogens is 484 g/mol. The van der Waals surface area contributed by atoms with E-state index in [1.54, 1.807) is 17.4 Å². The average Bonchev–Trinajstić information content (AvgIpc) is 3.43. The zero-order valence-corrected chi connectivity index (χ0v) is 21.1. The van der Waals surface area contributed by atoms with Crippen LogP contribution in [-0.4, -0.2) is 82.7 Å². The highest BCUT2D eigenvalue weighted by atomic mass is 16.3. The number of hydrogen-bond acceptors (Lipinski definition) is 8. The van der Waals surface area contributed by atoms with Crippen molar-refractivity contribution in [1.82, 2.24) is 29.2 Å². The van der Waals surface area contributed by atoms with Gasteiger partial charge in [-0.2, -0.15) is 5.10 Å². The number of nitrogens with zero attached hydrogens (tertiary/aromatic N) is 7. The van der Waals surface area contributed by atoms with Gasteiger partial charge in [0.05, 0.1) is 30.3 Å². The molecular formula is C27H32N8O3. The van der Waals surface area contributed by atoms with Crippen LogP contribution in [0.4, 0.5) is 5.82 Å². The Hall–Kier alpha value is -3.80. The number of amides is 1. The fraction of sp³-hybridized carbons (Fsp3) is 0.407. The van der Waals surface area contributed by atoms with Gasteiger partial charge in [-0.3, -0.25) is 9.69 Å². The van der Waals surface area contributed by atoms with Gasteiger partial charge in [-0.15, -0.1) is 0 Å². The number of benzene rings is 1. The summed E-state index contributed by atoms with van der Waals surface area (Å²) in [6, 6.07) is 12.7. The van der Waals surface area contributed by atoms with Gasteiger partial charge in [-0.25, -0.2) is 14.6 Å². The summed E-state index contributed by atoms with van der Waals surface area (Å²) in [5, 5.41) is 27.3. The molecule has 0 spiro atoms. The van der Waals surface area contributed by atoms with Crippen LogP contribution in [0.25, 0.3) is 16.7 Å². The Balaban J connectivity index is 1.23. The van der Waals surface area contributed by atoms with Crippen molar-refractivity contribution in [1.29, 1.82) is 0 Å². The van der Waals surface area contributed by atoms with E-state index in [9.17, 15) is 15.0 Å². The van der Waals surface area contributed by atoms with Crippen molar-refractivity contribution in [2.75, 3.05) is 24.5 Å². The van der Waals surface area contributed by atoms with Crippen LogP contribution in [-0.2, 0) is 17.9 Å². The van der Waals surface area contributed by atoms with Gasteiger partial charge in [0.25, 0.3) is 0 Å². The number of β-amino-alcohol motifs (C(OH)–C–C–N with tert-alkyl or cyclic N) is 1. The van der Waals surface area contributed by atoms with Gasteiger partial charge in [-0.1, -0.05) is 12.1 Å². The molecule has 0 radical (unpaired) electrons. The van der Waals surface area contributed by atoms with E-state index in [4.69, 9.17) is 5.73 Å². The Morgan fingerprint density at radius 1 is 1.16 bits per heavy atom. The van der Waals surface area contributed by atoms with Crippen LogP contribution in [0.2, 0.25) is 0 Å². The van der Waals surface area contributed by atoms with Crippen LogP contribution >= 0.6 is 0 Å². The largest absolute Gasteiger partial charge is 0.389 e. The molecule has 2 atom stereocenters. The second-order valence-corrected chi connectivity index (χ2v) is 10.4. The summed E-state index contributed by atoms with van der Waals surface area (Å²) < 4.78 is 3.73. The highest BCUT2D eigenvalue weighted by molar-refractivity contribution is 5.88. The normalized spacial score (nSPS) is 22.1. The van der Waals surface area contributed by atoms with Crippen LogP contribution in [0.15, 0.2) is 61.3 Å². The number of rotatable bonds is 9. The maximum absolute atomic E-state index is 11.3. The fourth-order valence-corrected chi connectivity index (χ4v) is 5.35. The first-order chi connectivity index (χ1) is 18.4. The third-order valence-electron chi connectivity index (χ3n) is 7.59. The molecule has 1 aliphatic carbocycles. The zero-order chi connectivity index (χ0) is 26.3. The molecule has 2 aliphatic rings. The lowest BCUT2D eigenvalue weighted by molar-refractivity contribution is -0.135. The summed E-state index contributed by atoms with van der Waals surface area (Å²) in [6.45, 7) is 1.65. The van der Waals surface area contributed by atoms with Crippen molar-refractivity contribution in [2.24, 2.45) is 5.73 Å². The van der Waals surface area contributed by atoms with Crippen molar-refractivity contribution in [3.63, 3.8) is 0 Å². The van der Waals surface area contributed by atoms with Gasteiger partial charge in [0.1, 0.15) is 23.4 Å². The molecule has 2 fully saturated rings. The number of piperidine rings is 1. The van der Waals surface area contributed by atoms with Crippen LogP contribution in [0.5, 0.6) is 0 Å². The standard InChI is InChI=1S/C27H32N8O3/c28-24(37)16-32-13-9-27(38,23(36)15-32)17-33-12-8-22-25(33)29-18-30-26(22)34(20-6-7-20)14-19-2-4-21(5-3-19)35-11-1-10-31-35/h1-5,8,10-12,18,20,23,36,38H,6-7,9,13-17H2,(H2,28,37)/t23?,27-/m1/s1. The zero-order valence-electron chi connectivity index (χ0n) is 21.1. The van der Waals surface area contributed by atoms with Crippen molar-refractivity contribution >= 4 is 22.8 Å². The highest BCUT2D eigenvalue weighted by Gasteiger charge is 2.41. The minimum Gasteiger partial charge on any atom is -0.389 e. The molecule has 1 saturated heterocycles. The maximum atomic E-state index is 11.3. The first-order valence-corrected chi connectivity index (χ1v) is 13.0. The Labute approximate surface area is 220 Å². The molecule has 1 amide bonds. The van der Waals surface area contributed by atoms with E-state index in [2.05, 4.69) is 44.2 Å². The number of likely N-dealkylation sites (tertiary alicyclic amines) is 1. The fourth-order valence-electron chi connectivity index (χ4n) is 5.35. The summed E-state index contributed by atoms with van der Waals surface area (Å²) in [5.41, 5.74) is 6.87. The number of hydrogen-bond donors (Lipinski definition) is 3. The summed E-state index contributed by atoms with van der Waals surface area (Å²) in [6.07, 6.45) is 8.70. The number of carbonyl (C=O) groups excluding carboxylic acids is 1. The van der Waals surface area contributed by atoms with Crippen LogP contribution in [0.3, 0.4) is 0 Å². The molecule has 0 bridgehead atoms. The lowest BCUT2D eigenvalue weighted by atomic mass is 9.88. The van der Waals surface area contributed by atoms with Crippen molar-refractivity contribution in [3.8, 4) is 5.69 Å². The van der Waals surface area contributed by atoms with Crippen LogP contribution in [0.1, 0.15) is 24.8 Å². The Morgan fingerprint density at radius 2 is 1.97 bits per heavy atom. The Bertz CT molecular complexity index is 1420. The van der Waals surface area contributed by atoms with E-state index < -0.39 is 17.6 Å². The molecule has 11 heteroatoms. The topological polar surface area (TPSA) is 139 Å². The molecule has 4 aromatic rings. The van der Waals surface area contributed by atoms with Gasteiger partial charge in [-0.05, 0) is 49.1 Å². The third kappa shape index (κ3) is 4.87. The average molecular weight is 517 g/mol. The third-order valence-corrected chi connectivity index (χ3v) is 7.59. The van der Waals surface area contributed by atoms with Crippen LogP contribution in [0, 0.1) is 0 Å². The summed E-state index contributed by atoms with van der Waals surface area (Å²) in [7, 11) is 0. The Morgan fingerprint density at radius 3 is 2.66 bits per heavy atom. The van der Waals surface area contributed by atoms with E-state index in [1.165, 1.54) is 5.56 Å². The number of carbonyl (C=O) groups is 1. The number of primary amides is 1. The van der Waals surface area contributed by atoms with Gasteiger partial charge in [0.15, 0.2) is 0 Å². The molecule has 4 heterocycles. The van der Waals surface area contributed by atoms with Gasteiger partial charge >= 0.3 is 0 Å². The van der Waals surface area contributed by atoms with E-state index in [0.717, 1.165) is 41.9 Å². The minimum atomic E-state index is -1.34. The molecule has 4 N–H and O–H groups in total. The monoisotopic (exact) mass is 516 g/mol. The molecule has 1 aromatic carbocycles. The molecule has 11 nitrogen and oxygen atoms in total. The van der Waals surface area contributed by atoms with E-state index in [0.29, 0.717) is 19.0 Å². The number of fused-ring (bicyclic) bond motifs is 1. The molecule has 198 valence electrons. The SMILES string of the molecule is NC(=O)CN1CC[C@@](O)(Cn2ccc3c(N(Cc4ccc(-n5cccn5)cc4)C4CC4)ncnc32)C(O)C1. The van der Waals surface area contributed by atoms with Crippen molar-refractivity contribution < 1.29 is 15.0 Å². The highest BCUT2D eigenvalue weighted by Crippen LogP contribution is 2.36. The van der Waals surface area contributed by atoms with Crippen LogP contribution < -0.4 is 10.6 Å². The predicted molar refractivity (Wildman–Crippen MR) is 142 cm³/mol. The second-order valence-electron chi connectivity index (χ2n) is 10.4. The van der Waals surface area contributed by atoms with Crippen molar-refractivity contribution in [2.45, 2.75) is 50.1 Å². The number of nitrogens with two attached hydrogens (primary N) is 1. The number of aromatic nitrogens is 5.